The minimum absolute atomic E-state index is 0.0266. The number of rotatable bonds is 8. The molecule has 0 atom stereocenters. The number of anilines is 3. The molecule has 2 saturated carbocycles. The first kappa shape index (κ1) is 24.6. The molecular formula is C26H27FN10O2. The monoisotopic (exact) mass is 530 g/mol. The van der Waals surface area contributed by atoms with Crippen LogP contribution in [0, 0.1) is 5.82 Å². The van der Waals surface area contributed by atoms with Gasteiger partial charge in [-0.1, -0.05) is 0 Å². The second-order valence-corrected chi connectivity index (χ2v) is 9.81. The molecule has 0 saturated heterocycles. The number of amides is 2. The maximum Gasteiger partial charge on any atom is 0.276 e. The lowest BCUT2D eigenvalue weighted by atomic mass is 9.91. The minimum atomic E-state index is -0.630. The van der Waals surface area contributed by atoms with Crippen molar-refractivity contribution in [3.63, 3.8) is 0 Å². The Kier molecular flexibility index (Phi) is 6.69. The molecule has 0 unspecified atom stereocenters. The van der Waals surface area contributed by atoms with Crippen LogP contribution in [0.15, 0.2) is 49.3 Å². The van der Waals surface area contributed by atoms with E-state index < -0.39 is 11.7 Å². The van der Waals surface area contributed by atoms with Crippen LogP contribution in [0.1, 0.15) is 59.5 Å². The number of nitrogens with zero attached hydrogens (tertiary/aromatic N) is 6. The summed E-state index contributed by atoms with van der Waals surface area (Å²) in [5, 5.41) is 17.2. The summed E-state index contributed by atoms with van der Waals surface area (Å²) in [6, 6.07) is 3.85. The molecule has 2 aliphatic rings. The number of hydrogen-bond donors (Lipinski definition) is 4. The van der Waals surface area contributed by atoms with Crippen LogP contribution in [0.5, 0.6) is 0 Å². The van der Waals surface area contributed by atoms with Crippen molar-refractivity contribution in [2.45, 2.75) is 56.7 Å². The number of fused-ring (bicyclic) bond motifs is 1. The van der Waals surface area contributed by atoms with E-state index in [1.54, 1.807) is 0 Å². The summed E-state index contributed by atoms with van der Waals surface area (Å²) in [5.41, 5.74) is 1.80. The molecule has 39 heavy (non-hydrogen) atoms. The Bertz CT molecular complexity index is 1500. The molecule has 4 aromatic heterocycles. The zero-order chi connectivity index (χ0) is 26.8. The van der Waals surface area contributed by atoms with Crippen molar-refractivity contribution in [3.05, 3.63) is 66.5 Å². The first-order chi connectivity index (χ1) is 19.0. The van der Waals surface area contributed by atoms with Crippen molar-refractivity contribution in [1.29, 1.82) is 0 Å². The van der Waals surface area contributed by atoms with Crippen molar-refractivity contribution in [2.24, 2.45) is 0 Å². The third-order valence-electron chi connectivity index (χ3n) is 6.87. The molecule has 200 valence electrons. The molecular weight excluding hydrogens is 503 g/mol. The highest BCUT2D eigenvalue weighted by Crippen LogP contribution is 2.30. The first-order valence-electron chi connectivity index (χ1n) is 12.9. The van der Waals surface area contributed by atoms with E-state index in [2.05, 4.69) is 46.3 Å². The lowest BCUT2D eigenvalue weighted by molar-refractivity contribution is 0.0920. The summed E-state index contributed by atoms with van der Waals surface area (Å²) >= 11 is 0. The Labute approximate surface area is 222 Å². The van der Waals surface area contributed by atoms with Crippen molar-refractivity contribution in [3.8, 4) is 0 Å². The van der Waals surface area contributed by atoms with E-state index in [-0.39, 0.29) is 29.4 Å². The van der Waals surface area contributed by atoms with Crippen molar-refractivity contribution in [2.75, 3.05) is 16.0 Å². The lowest BCUT2D eigenvalue weighted by Gasteiger charge is -2.30. The molecule has 2 fully saturated rings. The number of halogens is 1. The zero-order valence-electron chi connectivity index (χ0n) is 21.0. The van der Waals surface area contributed by atoms with E-state index in [1.807, 2.05) is 6.07 Å². The topological polar surface area (TPSA) is 151 Å². The molecule has 0 bridgehead atoms. The fourth-order valence-electron chi connectivity index (χ4n) is 4.68. The molecule has 0 radical (unpaired) electrons. The molecule has 0 aromatic carbocycles. The van der Waals surface area contributed by atoms with Crippen LogP contribution in [0.25, 0.3) is 5.65 Å². The summed E-state index contributed by atoms with van der Waals surface area (Å²) in [4.78, 5) is 41.6. The Morgan fingerprint density at radius 3 is 2.31 bits per heavy atom. The Balaban J connectivity index is 1.16. The third kappa shape index (κ3) is 5.61. The van der Waals surface area contributed by atoms with Gasteiger partial charge in [0.2, 0.25) is 0 Å². The normalized spacial score (nSPS) is 18.9. The van der Waals surface area contributed by atoms with Crippen LogP contribution in [0.3, 0.4) is 0 Å². The van der Waals surface area contributed by atoms with Gasteiger partial charge < -0.3 is 21.3 Å². The van der Waals surface area contributed by atoms with E-state index in [0.717, 1.165) is 50.4 Å². The zero-order valence-corrected chi connectivity index (χ0v) is 21.0. The minimum Gasteiger partial charge on any atom is -0.379 e. The summed E-state index contributed by atoms with van der Waals surface area (Å²) in [5.74, 6) is -0.789. The Morgan fingerprint density at radius 1 is 0.821 bits per heavy atom. The predicted molar refractivity (Wildman–Crippen MR) is 141 cm³/mol. The highest BCUT2D eigenvalue weighted by molar-refractivity contribution is 6.03. The van der Waals surface area contributed by atoms with Crippen LogP contribution in [-0.4, -0.2) is 59.5 Å². The largest absolute Gasteiger partial charge is 0.379 e. The van der Waals surface area contributed by atoms with E-state index in [9.17, 15) is 14.0 Å². The van der Waals surface area contributed by atoms with Gasteiger partial charge in [0.1, 0.15) is 11.5 Å². The molecule has 12 nitrogen and oxygen atoms in total. The maximum absolute atomic E-state index is 14.1. The molecule has 6 rings (SSSR count). The van der Waals surface area contributed by atoms with Gasteiger partial charge in [-0.25, -0.2) is 18.9 Å². The lowest BCUT2D eigenvalue weighted by Crippen LogP contribution is -2.40. The van der Waals surface area contributed by atoms with Crippen LogP contribution < -0.4 is 21.3 Å². The van der Waals surface area contributed by atoms with Crippen LogP contribution in [0.2, 0.25) is 0 Å². The predicted octanol–water partition coefficient (Wildman–Crippen LogP) is 3.03. The average molecular weight is 531 g/mol. The average Bonchev–Trinajstić information content (AvgIpc) is 3.66. The van der Waals surface area contributed by atoms with Gasteiger partial charge in [-0.3, -0.25) is 19.6 Å². The number of hydrogen-bond acceptors (Lipinski definition) is 9. The second-order valence-electron chi connectivity index (χ2n) is 9.81. The first-order valence-corrected chi connectivity index (χ1v) is 12.9. The van der Waals surface area contributed by atoms with Gasteiger partial charge in [-0.05, 0) is 44.6 Å². The van der Waals surface area contributed by atoms with Gasteiger partial charge in [0.15, 0.2) is 17.2 Å². The molecule has 2 amide bonds. The fourth-order valence-corrected chi connectivity index (χ4v) is 4.68. The number of carbonyl (C=O) groups excluding carboxylic acids is 2. The van der Waals surface area contributed by atoms with Gasteiger partial charge in [0, 0.05) is 42.8 Å². The Morgan fingerprint density at radius 2 is 1.56 bits per heavy atom. The van der Waals surface area contributed by atoms with Crippen molar-refractivity contribution < 1.29 is 14.0 Å². The maximum atomic E-state index is 14.1. The van der Waals surface area contributed by atoms with E-state index in [1.165, 1.54) is 41.6 Å². The summed E-state index contributed by atoms with van der Waals surface area (Å²) in [7, 11) is 0. The second kappa shape index (κ2) is 10.6. The van der Waals surface area contributed by atoms with Gasteiger partial charge in [0.05, 0.1) is 30.0 Å². The van der Waals surface area contributed by atoms with E-state index in [0.29, 0.717) is 23.2 Å². The third-order valence-corrected chi connectivity index (χ3v) is 6.87. The van der Waals surface area contributed by atoms with Gasteiger partial charge >= 0.3 is 0 Å². The van der Waals surface area contributed by atoms with Crippen LogP contribution >= 0.6 is 0 Å². The number of aromatic nitrogens is 6. The molecule has 4 N–H and O–H groups in total. The fraction of sp³-hybridized carbons (Fsp3) is 0.346. The number of imidazole rings is 1. The molecule has 13 heteroatoms. The van der Waals surface area contributed by atoms with E-state index in [4.69, 9.17) is 0 Å². The number of carbonyl (C=O) groups is 2. The highest BCUT2D eigenvalue weighted by Gasteiger charge is 2.26. The Hall–Kier alpha value is -4.68. The SMILES string of the molecule is O=C(NC1CCC(Nc2cc(NC3CC3)c3ncc(C(=O)Nc4ccncc4F)n3n2)CC1)c1cnccn1. The van der Waals surface area contributed by atoms with Gasteiger partial charge in [-0.2, -0.15) is 0 Å². The van der Waals surface area contributed by atoms with Gasteiger partial charge in [-0.15, -0.1) is 5.10 Å². The van der Waals surface area contributed by atoms with Crippen LogP contribution in [0.4, 0.5) is 21.6 Å². The van der Waals surface area contributed by atoms with E-state index >= 15 is 0 Å². The highest BCUT2D eigenvalue weighted by atomic mass is 19.1. The number of nitrogens with one attached hydrogen (secondary N) is 4. The summed E-state index contributed by atoms with van der Waals surface area (Å²) in [6.45, 7) is 0. The number of pyridine rings is 1. The molecule has 4 aromatic rings. The smallest absolute Gasteiger partial charge is 0.276 e. The van der Waals surface area contributed by atoms with Crippen molar-refractivity contribution >= 4 is 34.7 Å². The molecule has 2 aliphatic carbocycles. The molecule has 4 heterocycles. The van der Waals surface area contributed by atoms with Crippen LogP contribution in [-0.2, 0) is 0 Å². The van der Waals surface area contributed by atoms with Crippen molar-refractivity contribution in [1.82, 2.24) is 34.9 Å². The molecule has 0 spiro atoms. The molecule has 0 aliphatic heterocycles. The summed E-state index contributed by atoms with van der Waals surface area (Å²) in [6.07, 6.45) is 13.8. The quantitative estimate of drug-likeness (QED) is 0.269. The summed E-state index contributed by atoms with van der Waals surface area (Å²) < 4.78 is 15.5. The van der Waals surface area contributed by atoms with Gasteiger partial charge in [0.25, 0.3) is 11.8 Å². The standard InChI is InChI=1S/C26H27FN10O2/c27-18-12-28-8-7-19(18)35-26(39)22-14-31-24-20(32-15-1-2-15)11-23(36-37(22)24)33-16-3-5-17(6-4-16)34-25(38)21-13-29-9-10-30-21/h7-17,32H,1-6H2,(H,33,36)(H,34,38)(H,28,35,39).